The number of nitrogens with one attached hydrogen (secondary N) is 1. The SMILES string of the molecule is CC1(C)CN(CCc2ccsc2)C(C2CC2)CN1. The van der Waals surface area contributed by atoms with E-state index in [0.29, 0.717) is 0 Å². The third-order valence-corrected chi connectivity index (χ3v) is 5.02. The summed E-state index contributed by atoms with van der Waals surface area (Å²) >= 11 is 1.81. The minimum Gasteiger partial charge on any atom is -0.309 e. The smallest absolute Gasteiger partial charge is 0.0252 e. The van der Waals surface area contributed by atoms with E-state index in [0.717, 1.165) is 12.0 Å². The normalized spacial score (nSPS) is 28.4. The van der Waals surface area contributed by atoms with Gasteiger partial charge in [-0.3, -0.25) is 4.90 Å². The van der Waals surface area contributed by atoms with E-state index in [4.69, 9.17) is 0 Å². The number of nitrogens with zero attached hydrogens (tertiary/aromatic N) is 1. The van der Waals surface area contributed by atoms with Gasteiger partial charge in [-0.25, -0.2) is 0 Å². The van der Waals surface area contributed by atoms with Gasteiger partial charge in [-0.15, -0.1) is 0 Å². The molecular formula is C15H24N2S. The van der Waals surface area contributed by atoms with Crippen molar-refractivity contribution in [2.75, 3.05) is 19.6 Å². The highest BCUT2D eigenvalue weighted by atomic mass is 32.1. The van der Waals surface area contributed by atoms with Crippen molar-refractivity contribution in [3.05, 3.63) is 22.4 Å². The second kappa shape index (κ2) is 4.95. The molecule has 1 aromatic heterocycles. The molecule has 0 amide bonds. The van der Waals surface area contributed by atoms with E-state index in [9.17, 15) is 0 Å². The van der Waals surface area contributed by atoms with Crippen LogP contribution in [0.4, 0.5) is 0 Å². The molecule has 1 saturated carbocycles. The van der Waals surface area contributed by atoms with Gasteiger partial charge in [0.05, 0.1) is 0 Å². The second-order valence-corrected chi connectivity index (χ2v) is 7.30. The van der Waals surface area contributed by atoms with Gasteiger partial charge in [0.2, 0.25) is 0 Å². The molecule has 2 fully saturated rings. The lowest BCUT2D eigenvalue weighted by Gasteiger charge is -2.45. The molecule has 0 aromatic carbocycles. The van der Waals surface area contributed by atoms with Crippen molar-refractivity contribution < 1.29 is 0 Å². The van der Waals surface area contributed by atoms with Gasteiger partial charge in [0.15, 0.2) is 0 Å². The predicted molar refractivity (Wildman–Crippen MR) is 78.2 cm³/mol. The highest BCUT2D eigenvalue weighted by Crippen LogP contribution is 2.37. The molecule has 2 aliphatic rings. The second-order valence-electron chi connectivity index (χ2n) is 6.52. The Balaban J connectivity index is 1.62. The van der Waals surface area contributed by atoms with E-state index in [1.807, 2.05) is 11.3 Å². The Hall–Kier alpha value is -0.380. The van der Waals surface area contributed by atoms with Gasteiger partial charge >= 0.3 is 0 Å². The Morgan fingerprint density at radius 2 is 2.28 bits per heavy atom. The van der Waals surface area contributed by atoms with E-state index < -0.39 is 0 Å². The number of piperazine rings is 1. The number of rotatable bonds is 4. The van der Waals surface area contributed by atoms with Gasteiger partial charge in [0.1, 0.15) is 0 Å². The molecule has 1 aliphatic carbocycles. The molecular weight excluding hydrogens is 240 g/mol. The quantitative estimate of drug-likeness (QED) is 0.899. The minimum absolute atomic E-state index is 0.278. The third kappa shape index (κ3) is 2.95. The van der Waals surface area contributed by atoms with Crippen LogP contribution in [0.15, 0.2) is 16.8 Å². The van der Waals surface area contributed by atoms with Gasteiger partial charge < -0.3 is 5.32 Å². The van der Waals surface area contributed by atoms with Crippen LogP contribution in [0.3, 0.4) is 0 Å². The largest absolute Gasteiger partial charge is 0.309 e. The average molecular weight is 264 g/mol. The lowest BCUT2D eigenvalue weighted by atomic mass is 9.96. The molecule has 3 rings (SSSR count). The number of thiophene rings is 1. The molecule has 1 atom stereocenters. The van der Waals surface area contributed by atoms with Crippen molar-refractivity contribution in [2.24, 2.45) is 5.92 Å². The Bertz CT molecular complexity index is 381. The Morgan fingerprint density at radius 1 is 1.44 bits per heavy atom. The van der Waals surface area contributed by atoms with Crippen molar-refractivity contribution in [3.63, 3.8) is 0 Å². The van der Waals surface area contributed by atoms with Crippen LogP contribution < -0.4 is 5.32 Å². The maximum atomic E-state index is 3.71. The monoisotopic (exact) mass is 264 g/mol. The number of hydrogen-bond acceptors (Lipinski definition) is 3. The van der Waals surface area contributed by atoms with Crippen molar-refractivity contribution in [2.45, 2.75) is 44.7 Å². The average Bonchev–Trinajstić information content (AvgIpc) is 3.02. The first-order chi connectivity index (χ1) is 8.64. The standard InChI is InChI=1S/C15H24N2S/c1-15(2)11-17(7-5-12-6-8-18-10-12)14(9-16-15)13-3-4-13/h6,8,10,13-14,16H,3-5,7,9,11H2,1-2H3. The van der Waals surface area contributed by atoms with Crippen molar-refractivity contribution in [1.29, 1.82) is 0 Å². The van der Waals surface area contributed by atoms with Gasteiger partial charge in [-0.05, 0) is 61.4 Å². The summed E-state index contributed by atoms with van der Waals surface area (Å²) in [6, 6.07) is 3.06. The number of hydrogen-bond donors (Lipinski definition) is 1. The summed E-state index contributed by atoms with van der Waals surface area (Å²) in [6.45, 7) is 8.25. The van der Waals surface area contributed by atoms with Crippen LogP contribution in [0, 0.1) is 5.92 Å². The van der Waals surface area contributed by atoms with E-state index >= 15 is 0 Å². The molecule has 1 aliphatic heterocycles. The summed E-state index contributed by atoms with van der Waals surface area (Å²) in [4.78, 5) is 2.74. The Labute approximate surface area is 114 Å². The van der Waals surface area contributed by atoms with Gasteiger partial charge in [-0.1, -0.05) is 0 Å². The molecule has 2 heterocycles. The first-order valence-corrected chi connectivity index (χ1v) is 8.08. The molecule has 100 valence electrons. The van der Waals surface area contributed by atoms with Crippen molar-refractivity contribution in [1.82, 2.24) is 10.2 Å². The topological polar surface area (TPSA) is 15.3 Å². The minimum atomic E-state index is 0.278. The van der Waals surface area contributed by atoms with Crippen LogP contribution in [0.5, 0.6) is 0 Å². The molecule has 1 N–H and O–H groups in total. The highest BCUT2D eigenvalue weighted by Gasteiger charge is 2.40. The van der Waals surface area contributed by atoms with Gasteiger partial charge in [0, 0.05) is 31.2 Å². The van der Waals surface area contributed by atoms with Crippen molar-refractivity contribution >= 4 is 11.3 Å². The first-order valence-electron chi connectivity index (χ1n) is 7.14. The Kier molecular flexibility index (Phi) is 3.48. The van der Waals surface area contributed by atoms with Crippen LogP contribution in [0.2, 0.25) is 0 Å². The van der Waals surface area contributed by atoms with Crippen LogP contribution in [0.1, 0.15) is 32.3 Å². The van der Waals surface area contributed by atoms with E-state index in [1.54, 1.807) is 0 Å². The summed E-state index contributed by atoms with van der Waals surface area (Å²) in [5.41, 5.74) is 1.78. The lowest BCUT2D eigenvalue weighted by Crippen LogP contribution is -2.62. The molecule has 1 aromatic rings. The maximum Gasteiger partial charge on any atom is 0.0252 e. The molecule has 0 spiro atoms. The summed E-state index contributed by atoms with van der Waals surface area (Å²) in [5.74, 6) is 0.969. The molecule has 0 radical (unpaired) electrons. The molecule has 0 bridgehead atoms. The fourth-order valence-corrected chi connectivity index (χ4v) is 3.79. The molecule has 18 heavy (non-hydrogen) atoms. The highest BCUT2D eigenvalue weighted by molar-refractivity contribution is 7.07. The molecule has 2 nitrogen and oxygen atoms in total. The van der Waals surface area contributed by atoms with Gasteiger partial charge in [0.25, 0.3) is 0 Å². The fraction of sp³-hybridized carbons (Fsp3) is 0.733. The van der Waals surface area contributed by atoms with Crippen LogP contribution in [0.25, 0.3) is 0 Å². The zero-order valence-electron chi connectivity index (χ0n) is 11.5. The zero-order valence-corrected chi connectivity index (χ0v) is 12.3. The van der Waals surface area contributed by atoms with E-state index in [-0.39, 0.29) is 5.54 Å². The predicted octanol–water partition coefficient (Wildman–Crippen LogP) is 2.75. The first kappa shape index (κ1) is 12.6. The van der Waals surface area contributed by atoms with Crippen LogP contribution in [-0.4, -0.2) is 36.1 Å². The van der Waals surface area contributed by atoms with Crippen LogP contribution in [-0.2, 0) is 6.42 Å². The lowest BCUT2D eigenvalue weighted by molar-refractivity contribution is 0.0840. The summed E-state index contributed by atoms with van der Waals surface area (Å²) in [6.07, 6.45) is 4.10. The fourth-order valence-electron chi connectivity index (χ4n) is 3.09. The molecule has 1 saturated heterocycles. The third-order valence-electron chi connectivity index (χ3n) is 4.29. The molecule has 1 unspecified atom stereocenters. The Morgan fingerprint density at radius 3 is 2.94 bits per heavy atom. The van der Waals surface area contributed by atoms with E-state index in [2.05, 4.69) is 40.9 Å². The summed E-state index contributed by atoms with van der Waals surface area (Å²) in [5, 5.41) is 8.19. The van der Waals surface area contributed by atoms with E-state index in [1.165, 1.54) is 44.5 Å². The van der Waals surface area contributed by atoms with Crippen molar-refractivity contribution in [3.8, 4) is 0 Å². The summed E-state index contributed by atoms with van der Waals surface area (Å²) < 4.78 is 0. The molecule has 3 heteroatoms. The maximum absolute atomic E-state index is 3.71. The zero-order chi connectivity index (χ0) is 12.6. The summed E-state index contributed by atoms with van der Waals surface area (Å²) in [7, 11) is 0. The van der Waals surface area contributed by atoms with Crippen LogP contribution >= 0.6 is 11.3 Å². The van der Waals surface area contributed by atoms with Gasteiger partial charge in [-0.2, -0.15) is 11.3 Å².